The van der Waals surface area contributed by atoms with E-state index in [-0.39, 0.29) is 24.4 Å². The second-order valence-corrected chi connectivity index (χ2v) is 8.93. The molecule has 37 heavy (non-hydrogen) atoms. The normalized spacial score (nSPS) is 15.7. The maximum atomic E-state index is 13.2. The maximum Gasteiger partial charge on any atom is 0.417 e. The molecular weight excluding hydrogens is 487 g/mol. The average Bonchev–Trinajstić information content (AvgIpc) is 3.54. The molecule has 0 aliphatic carbocycles. The minimum atomic E-state index is -4.43. The van der Waals surface area contributed by atoms with Gasteiger partial charge >= 0.3 is 6.18 Å². The van der Waals surface area contributed by atoms with Gasteiger partial charge in [0.05, 0.1) is 11.3 Å². The van der Waals surface area contributed by atoms with Gasteiger partial charge in [-0.3, -0.25) is 14.6 Å². The molecule has 2 N–H and O–H groups in total. The van der Waals surface area contributed by atoms with Crippen LogP contribution in [0.15, 0.2) is 53.4 Å². The molecule has 1 aromatic carbocycles. The van der Waals surface area contributed by atoms with Crippen LogP contribution in [0.2, 0.25) is 0 Å². The van der Waals surface area contributed by atoms with E-state index in [1.165, 1.54) is 6.20 Å². The predicted molar refractivity (Wildman–Crippen MR) is 129 cm³/mol. The largest absolute Gasteiger partial charge is 0.446 e. The molecule has 0 radical (unpaired) electrons. The third kappa shape index (κ3) is 6.73. The van der Waals surface area contributed by atoms with Gasteiger partial charge in [-0.1, -0.05) is 6.07 Å². The number of carbonyl (C=O) groups excluding carboxylic acids is 2. The lowest BCUT2D eigenvalue weighted by molar-refractivity contribution is -0.137. The van der Waals surface area contributed by atoms with Crippen LogP contribution in [-0.2, 0) is 12.7 Å². The Balaban J connectivity index is 1.25. The van der Waals surface area contributed by atoms with E-state index in [4.69, 9.17) is 4.42 Å². The van der Waals surface area contributed by atoms with Crippen LogP contribution < -0.4 is 10.6 Å². The van der Waals surface area contributed by atoms with Crippen LogP contribution >= 0.6 is 0 Å². The molecule has 1 aliphatic heterocycles. The second kappa shape index (κ2) is 11.5. The van der Waals surface area contributed by atoms with Crippen molar-refractivity contribution in [1.82, 2.24) is 25.5 Å². The molecule has 3 heterocycles. The Hall–Kier alpha value is -3.73. The van der Waals surface area contributed by atoms with Gasteiger partial charge in [-0.05, 0) is 62.6 Å². The van der Waals surface area contributed by atoms with E-state index < -0.39 is 11.7 Å². The van der Waals surface area contributed by atoms with Crippen molar-refractivity contribution >= 4 is 11.8 Å². The van der Waals surface area contributed by atoms with E-state index in [1.807, 2.05) is 6.92 Å². The molecule has 1 unspecified atom stereocenters. The SMILES string of the molecule is Cc1coc(C2CCCN2C(=O)c2cccc(C(=O)NCCCNCc3cncc(C(F)(F)F)c3)c2)n1. The number of alkyl halides is 3. The molecule has 1 atom stereocenters. The zero-order valence-corrected chi connectivity index (χ0v) is 20.3. The first-order valence-electron chi connectivity index (χ1n) is 12.1. The minimum absolute atomic E-state index is 0.179. The number of likely N-dealkylation sites (tertiary alicyclic amines) is 1. The number of aryl methyl sites for hydroxylation is 1. The van der Waals surface area contributed by atoms with Crippen molar-refractivity contribution in [1.29, 1.82) is 0 Å². The molecule has 3 aromatic rings. The van der Waals surface area contributed by atoms with Crippen molar-refractivity contribution in [3.05, 3.63) is 82.8 Å². The summed E-state index contributed by atoms with van der Waals surface area (Å²) >= 11 is 0. The Labute approximate surface area is 212 Å². The molecule has 4 rings (SSSR count). The number of nitrogens with zero attached hydrogens (tertiary/aromatic N) is 3. The first-order valence-corrected chi connectivity index (χ1v) is 12.1. The fraction of sp³-hybridized carbons (Fsp3) is 0.385. The number of hydrogen-bond donors (Lipinski definition) is 2. The lowest BCUT2D eigenvalue weighted by Gasteiger charge is -2.22. The summed E-state index contributed by atoms with van der Waals surface area (Å²) in [4.78, 5) is 35.5. The number of hydrogen-bond acceptors (Lipinski definition) is 6. The highest BCUT2D eigenvalue weighted by Gasteiger charge is 2.34. The number of nitrogens with one attached hydrogen (secondary N) is 2. The van der Waals surface area contributed by atoms with Crippen molar-refractivity contribution in [3.8, 4) is 0 Å². The van der Waals surface area contributed by atoms with Gasteiger partial charge in [-0.15, -0.1) is 0 Å². The molecule has 1 saturated heterocycles. The summed E-state index contributed by atoms with van der Waals surface area (Å²) in [5.41, 5.74) is 1.19. The van der Waals surface area contributed by atoms with Gasteiger partial charge in [-0.25, -0.2) is 4.98 Å². The number of aromatic nitrogens is 2. The lowest BCUT2D eigenvalue weighted by atomic mass is 10.1. The van der Waals surface area contributed by atoms with Crippen LogP contribution in [0.1, 0.15) is 68.7 Å². The standard InChI is InChI=1S/C26H28F3N5O3/c1-17-16-37-24(33-17)22-7-3-10-34(22)25(36)20-6-2-5-19(12-20)23(35)32-9-4-8-30-13-18-11-21(15-31-14-18)26(27,28)29/h2,5-6,11-12,14-16,22,30H,3-4,7-10,13H2,1H3,(H,32,35). The van der Waals surface area contributed by atoms with Crippen LogP contribution in [-0.4, -0.2) is 46.3 Å². The van der Waals surface area contributed by atoms with E-state index in [0.29, 0.717) is 48.6 Å². The molecule has 2 amide bonds. The molecule has 0 saturated carbocycles. The van der Waals surface area contributed by atoms with Gasteiger partial charge in [0.2, 0.25) is 5.89 Å². The van der Waals surface area contributed by atoms with Gasteiger partial charge in [0, 0.05) is 43.2 Å². The third-order valence-corrected chi connectivity index (χ3v) is 6.07. The fourth-order valence-corrected chi connectivity index (χ4v) is 4.24. The van der Waals surface area contributed by atoms with E-state index in [0.717, 1.165) is 30.8 Å². The van der Waals surface area contributed by atoms with Crippen molar-refractivity contribution in [2.45, 2.75) is 44.9 Å². The molecule has 196 valence electrons. The molecule has 0 bridgehead atoms. The summed E-state index contributed by atoms with van der Waals surface area (Å²) < 4.78 is 43.9. The third-order valence-electron chi connectivity index (χ3n) is 6.07. The van der Waals surface area contributed by atoms with Crippen LogP contribution in [0, 0.1) is 6.92 Å². The Bertz CT molecular complexity index is 1240. The van der Waals surface area contributed by atoms with E-state index >= 15 is 0 Å². The molecule has 2 aromatic heterocycles. The summed E-state index contributed by atoms with van der Waals surface area (Å²) in [6, 6.07) is 7.41. The number of rotatable bonds is 9. The van der Waals surface area contributed by atoms with Gasteiger partial charge in [-0.2, -0.15) is 13.2 Å². The predicted octanol–water partition coefficient (Wildman–Crippen LogP) is 4.28. The van der Waals surface area contributed by atoms with Gasteiger partial charge in [0.25, 0.3) is 11.8 Å². The van der Waals surface area contributed by atoms with Crippen molar-refractivity contribution in [2.24, 2.45) is 0 Å². The highest BCUT2D eigenvalue weighted by molar-refractivity contribution is 5.99. The summed E-state index contributed by atoms with van der Waals surface area (Å²) in [5.74, 6) is 0.0366. The lowest BCUT2D eigenvalue weighted by Crippen LogP contribution is -2.31. The number of oxazole rings is 1. The zero-order valence-electron chi connectivity index (χ0n) is 20.3. The smallest absolute Gasteiger partial charge is 0.417 e. The Morgan fingerprint density at radius 3 is 2.73 bits per heavy atom. The molecular formula is C26H28F3N5O3. The minimum Gasteiger partial charge on any atom is -0.446 e. The zero-order chi connectivity index (χ0) is 26.4. The number of carbonyl (C=O) groups is 2. The average molecular weight is 516 g/mol. The van der Waals surface area contributed by atoms with Crippen LogP contribution in [0.5, 0.6) is 0 Å². The number of benzene rings is 1. The van der Waals surface area contributed by atoms with Crippen LogP contribution in [0.3, 0.4) is 0 Å². The van der Waals surface area contributed by atoms with E-state index in [9.17, 15) is 22.8 Å². The van der Waals surface area contributed by atoms with Gasteiger partial charge < -0.3 is 20.0 Å². The summed E-state index contributed by atoms with van der Waals surface area (Å²) in [6.45, 7) is 3.51. The number of halogens is 3. The van der Waals surface area contributed by atoms with Crippen LogP contribution in [0.4, 0.5) is 13.2 Å². The van der Waals surface area contributed by atoms with Gasteiger partial charge in [0.1, 0.15) is 12.3 Å². The number of pyridine rings is 1. The van der Waals surface area contributed by atoms with Crippen molar-refractivity contribution in [3.63, 3.8) is 0 Å². The second-order valence-electron chi connectivity index (χ2n) is 8.93. The Morgan fingerprint density at radius 1 is 1.16 bits per heavy atom. The molecule has 11 heteroatoms. The van der Waals surface area contributed by atoms with E-state index in [2.05, 4.69) is 20.6 Å². The molecule has 1 fully saturated rings. The molecule has 0 spiro atoms. The summed E-state index contributed by atoms with van der Waals surface area (Å²) in [6.07, 6.45) is 1.50. The highest BCUT2D eigenvalue weighted by atomic mass is 19.4. The Kier molecular flexibility index (Phi) is 8.22. The maximum absolute atomic E-state index is 13.2. The first-order chi connectivity index (χ1) is 17.7. The Morgan fingerprint density at radius 2 is 1.97 bits per heavy atom. The quantitative estimate of drug-likeness (QED) is 0.413. The number of amides is 2. The first kappa shape index (κ1) is 26.3. The summed E-state index contributed by atoms with van der Waals surface area (Å²) in [7, 11) is 0. The van der Waals surface area contributed by atoms with Crippen molar-refractivity contribution < 1.29 is 27.2 Å². The fourth-order valence-electron chi connectivity index (χ4n) is 4.24. The monoisotopic (exact) mass is 515 g/mol. The topological polar surface area (TPSA) is 100 Å². The van der Waals surface area contributed by atoms with E-state index in [1.54, 1.807) is 35.4 Å². The summed E-state index contributed by atoms with van der Waals surface area (Å²) in [5, 5.41) is 5.86. The highest BCUT2D eigenvalue weighted by Crippen LogP contribution is 2.33. The molecule has 8 nitrogen and oxygen atoms in total. The van der Waals surface area contributed by atoms with Gasteiger partial charge in [0.15, 0.2) is 0 Å². The molecule has 1 aliphatic rings. The van der Waals surface area contributed by atoms with Crippen molar-refractivity contribution in [2.75, 3.05) is 19.6 Å². The van der Waals surface area contributed by atoms with Crippen LogP contribution in [0.25, 0.3) is 0 Å².